The molecule has 1 unspecified atom stereocenters. The molecule has 4 rings (SSSR count). The van der Waals surface area contributed by atoms with Crippen LogP contribution in [-0.4, -0.2) is 19.6 Å². The summed E-state index contributed by atoms with van der Waals surface area (Å²) >= 11 is 0. The molecular weight excluding hydrogens is 352 g/mol. The summed E-state index contributed by atoms with van der Waals surface area (Å²) in [6, 6.07) is 13.8. The van der Waals surface area contributed by atoms with E-state index in [2.05, 4.69) is 16.0 Å². The molecule has 0 fully saturated rings. The molecule has 3 N–H and O–H groups in total. The summed E-state index contributed by atoms with van der Waals surface area (Å²) in [4.78, 5) is 12.9. The quantitative estimate of drug-likeness (QED) is 0.697. The van der Waals surface area contributed by atoms with E-state index in [1.807, 2.05) is 77.8 Å². The first-order chi connectivity index (χ1) is 13.8. The smallest absolute Gasteiger partial charge is 0.311 e. The van der Waals surface area contributed by atoms with Gasteiger partial charge in [-0.1, -0.05) is 18.2 Å². The Morgan fingerprint density at radius 2 is 1.93 bits per heavy atom. The van der Waals surface area contributed by atoms with Gasteiger partial charge in [0.1, 0.15) is 11.4 Å². The SMILES string of the molecule is COc1ccccc1CCNC(=O)C1NC(=C2C=CNC=C2)c2cccc[n+]21. The van der Waals surface area contributed by atoms with E-state index in [4.69, 9.17) is 4.74 Å². The highest BCUT2D eigenvalue weighted by Crippen LogP contribution is 2.23. The Labute approximate surface area is 164 Å². The lowest BCUT2D eigenvalue weighted by Crippen LogP contribution is -2.50. The summed E-state index contributed by atoms with van der Waals surface area (Å²) in [5, 5.41) is 9.44. The maximum absolute atomic E-state index is 12.9. The van der Waals surface area contributed by atoms with Crippen molar-refractivity contribution in [3.05, 3.63) is 90.0 Å². The number of aromatic nitrogens is 1. The number of pyridine rings is 1. The molecule has 1 amide bonds. The van der Waals surface area contributed by atoms with Crippen molar-refractivity contribution in [1.29, 1.82) is 0 Å². The summed E-state index contributed by atoms with van der Waals surface area (Å²) in [5.41, 5.74) is 4.03. The van der Waals surface area contributed by atoms with Crippen molar-refractivity contribution in [3.8, 4) is 5.75 Å². The number of amides is 1. The third-order valence-electron chi connectivity index (χ3n) is 4.85. The van der Waals surface area contributed by atoms with Gasteiger partial charge in [-0.15, -0.1) is 0 Å². The fourth-order valence-corrected chi connectivity index (χ4v) is 3.48. The predicted octanol–water partition coefficient (Wildman–Crippen LogP) is 1.79. The van der Waals surface area contributed by atoms with Crippen LogP contribution >= 0.6 is 0 Å². The van der Waals surface area contributed by atoms with Crippen LogP contribution in [0.4, 0.5) is 0 Å². The number of nitrogens with zero attached hydrogens (tertiary/aromatic N) is 1. The van der Waals surface area contributed by atoms with Gasteiger partial charge < -0.3 is 20.7 Å². The standard InChI is InChI=1S/C22H22N4O2/c1-28-19-8-3-2-6-16(19)11-14-24-22(27)21-25-20(17-9-12-23-13-10-17)18-7-4-5-15-26(18)21/h2-10,12-13,15,21,25H,11,14H2,1H3,(H,24,27)/p+1. The second kappa shape index (κ2) is 8.00. The number of ether oxygens (including phenoxy) is 1. The largest absolute Gasteiger partial charge is 0.496 e. The third-order valence-corrected chi connectivity index (χ3v) is 4.85. The van der Waals surface area contributed by atoms with E-state index in [1.54, 1.807) is 7.11 Å². The number of hydrogen-bond donors (Lipinski definition) is 3. The van der Waals surface area contributed by atoms with Crippen LogP contribution in [0, 0.1) is 0 Å². The normalized spacial score (nSPS) is 17.0. The number of carbonyl (C=O) groups is 1. The van der Waals surface area contributed by atoms with E-state index < -0.39 is 6.17 Å². The van der Waals surface area contributed by atoms with E-state index in [9.17, 15) is 4.79 Å². The molecule has 6 heteroatoms. The molecule has 0 bridgehead atoms. The van der Waals surface area contributed by atoms with E-state index >= 15 is 0 Å². The first-order valence-electron chi connectivity index (χ1n) is 9.28. The van der Waals surface area contributed by atoms with Crippen molar-refractivity contribution >= 4 is 11.6 Å². The summed E-state index contributed by atoms with van der Waals surface area (Å²) in [5.74, 6) is 0.775. The lowest BCUT2D eigenvalue weighted by atomic mass is 10.1. The average molecular weight is 375 g/mol. The first kappa shape index (κ1) is 17.9. The number of benzene rings is 1. The van der Waals surface area contributed by atoms with Crippen LogP contribution in [-0.2, 0) is 11.2 Å². The molecular formula is C22H23N4O2+. The van der Waals surface area contributed by atoms with Gasteiger partial charge in [-0.3, -0.25) is 4.79 Å². The lowest BCUT2D eigenvalue weighted by molar-refractivity contribution is -0.705. The molecule has 0 radical (unpaired) electrons. The van der Waals surface area contributed by atoms with Crippen LogP contribution < -0.4 is 25.3 Å². The van der Waals surface area contributed by atoms with E-state index in [0.717, 1.165) is 28.3 Å². The monoisotopic (exact) mass is 375 g/mol. The zero-order valence-corrected chi connectivity index (χ0v) is 15.7. The minimum Gasteiger partial charge on any atom is -0.496 e. The molecule has 1 aromatic heterocycles. The Hall–Kier alpha value is -3.54. The Bertz CT molecular complexity index is 964. The van der Waals surface area contributed by atoms with Crippen molar-refractivity contribution in [3.63, 3.8) is 0 Å². The Balaban J connectivity index is 1.48. The summed E-state index contributed by atoms with van der Waals surface area (Å²) < 4.78 is 7.34. The molecule has 28 heavy (non-hydrogen) atoms. The molecule has 0 aliphatic carbocycles. The average Bonchev–Trinajstić information content (AvgIpc) is 3.14. The number of rotatable bonds is 5. The zero-order valence-electron chi connectivity index (χ0n) is 15.7. The summed E-state index contributed by atoms with van der Waals surface area (Å²) in [7, 11) is 1.66. The van der Waals surface area contributed by atoms with Gasteiger partial charge in [0.2, 0.25) is 5.69 Å². The minimum atomic E-state index is -0.479. The van der Waals surface area contributed by atoms with Crippen LogP contribution in [0.2, 0.25) is 0 Å². The Morgan fingerprint density at radius 1 is 1.14 bits per heavy atom. The number of nitrogens with one attached hydrogen (secondary N) is 3. The summed E-state index contributed by atoms with van der Waals surface area (Å²) in [6.07, 6.45) is 9.88. The number of dihydropyridines is 1. The van der Waals surface area contributed by atoms with Crippen LogP contribution in [0.15, 0.2) is 78.8 Å². The molecule has 6 nitrogen and oxygen atoms in total. The van der Waals surface area contributed by atoms with Gasteiger partial charge in [-0.25, -0.2) is 0 Å². The second-order valence-electron chi connectivity index (χ2n) is 6.56. The van der Waals surface area contributed by atoms with Crippen molar-refractivity contribution in [2.24, 2.45) is 0 Å². The molecule has 2 aliphatic heterocycles. The molecule has 0 spiro atoms. The predicted molar refractivity (Wildman–Crippen MR) is 107 cm³/mol. The second-order valence-corrected chi connectivity index (χ2v) is 6.56. The van der Waals surface area contributed by atoms with Gasteiger partial charge in [-0.05, 0) is 36.3 Å². The van der Waals surface area contributed by atoms with Gasteiger partial charge in [0.25, 0.3) is 0 Å². The third kappa shape index (κ3) is 3.49. The van der Waals surface area contributed by atoms with Gasteiger partial charge >= 0.3 is 12.1 Å². The van der Waals surface area contributed by atoms with Gasteiger partial charge in [0, 0.05) is 36.7 Å². The number of hydrogen-bond acceptors (Lipinski definition) is 4. The van der Waals surface area contributed by atoms with Crippen molar-refractivity contribution in [2.45, 2.75) is 12.6 Å². The Morgan fingerprint density at radius 3 is 2.75 bits per heavy atom. The van der Waals surface area contributed by atoms with Crippen LogP contribution in [0.5, 0.6) is 5.75 Å². The molecule has 142 valence electrons. The number of fused-ring (bicyclic) bond motifs is 1. The number of carbonyl (C=O) groups excluding carboxylic acids is 1. The van der Waals surface area contributed by atoms with E-state index in [0.29, 0.717) is 13.0 Å². The Kier molecular flexibility index (Phi) is 5.10. The zero-order chi connectivity index (χ0) is 19.3. The lowest BCUT2D eigenvalue weighted by Gasteiger charge is -2.11. The number of para-hydroxylation sites is 1. The number of methoxy groups -OCH3 is 1. The van der Waals surface area contributed by atoms with Crippen molar-refractivity contribution in [1.82, 2.24) is 16.0 Å². The highest BCUT2D eigenvalue weighted by molar-refractivity contribution is 5.82. The van der Waals surface area contributed by atoms with E-state index in [1.165, 1.54) is 0 Å². The first-order valence-corrected chi connectivity index (χ1v) is 9.28. The summed E-state index contributed by atoms with van der Waals surface area (Å²) in [6.45, 7) is 0.537. The van der Waals surface area contributed by atoms with Crippen LogP contribution in [0.25, 0.3) is 5.70 Å². The molecule has 1 atom stereocenters. The maximum Gasteiger partial charge on any atom is 0.311 e. The fourth-order valence-electron chi connectivity index (χ4n) is 3.48. The van der Waals surface area contributed by atoms with Crippen LogP contribution in [0.1, 0.15) is 17.4 Å². The van der Waals surface area contributed by atoms with Crippen molar-refractivity contribution in [2.75, 3.05) is 13.7 Å². The van der Waals surface area contributed by atoms with Crippen LogP contribution in [0.3, 0.4) is 0 Å². The van der Waals surface area contributed by atoms with Gasteiger partial charge in [0.15, 0.2) is 6.20 Å². The van der Waals surface area contributed by atoms with Gasteiger partial charge in [-0.2, -0.15) is 4.57 Å². The fraction of sp³-hybridized carbons (Fsp3) is 0.182. The molecule has 2 aromatic rings. The topological polar surface area (TPSA) is 66.3 Å². The minimum absolute atomic E-state index is 0.0650. The molecule has 1 aromatic carbocycles. The molecule has 0 saturated carbocycles. The van der Waals surface area contributed by atoms with Gasteiger partial charge in [0.05, 0.1) is 7.11 Å². The molecule has 3 heterocycles. The maximum atomic E-state index is 12.9. The molecule has 2 aliphatic rings. The highest BCUT2D eigenvalue weighted by atomic mass is 16.5. The van der Waals surface area contributed by atoms with E-state index in [-0.39, 0.29) is 5.91 Å². The number of allylic oxidation sites excluding steroid dienone is 3. The molecule has 0 saturated heterocycles. The highest BCUT2D eigenvalue weighted by Gasteiger charge is 2.39. The van der Waals surface area contributed by atoms with Crippen molar-refractivity contribution < 1.29 is 14.1 Å².